The van der Waals surface area contributed by atoms with Gasteiger partial charge >= 0.3 is 0 Å². The minimum Gasteiger partial charge on any atom is -0.288 e. The summed E-state index contributed by atoms with van der Waals surface area (Å²) in [7, 11) is 0. The van der Waals surface area contributed by atoms with E-state index in [0.29, 0.717) is 0 Å². The van der Waals surface area contributed by atoms with Gasteiger partial charge in [-0.2, -0.15) is 0 Å². The smallest absolute Gasteiger partial charge is 0.204 e. The number of hydrogen-bond acceptors (Lipinski definition) is 3. The van der Waals surface area contributed by atoms with Crippen LogP contribution in [-0.2, 0) is 0 Å². The van der Waals surface area contributed by atoms with Crippen LogP contribution in [-0.4, -0.2) is 5.78 Å². The maximum absolute atomic E-state index is 12.1. The summed E-state index contributed by atoms with van der Waals surface area (Å²) >= 11 is 6.51. The van der Waals surface area contributed by atoms with Crippen molar-refractivity contribution in [1.82, 2.24) is 0 Å². The summed E-state index contributed by atoms with van der Waals surface area (Å²) in [5.41, 5.74) is 1.96. The molecule has 2 aromatic rings. The Morgan fingerprint density at radius 1 is 1.33 bits per heavy atom. The third-order valence-corrected chi connectivity index (χ3v) is 4.69. The van der Waals surface area contributed by atoms with E-state index < -0.39 is 0 Å². The van der Waals surface area contributed by atoms with Gasteiger partial charge in [-0.15, -0.1) is 22.7 Å². The van der Waals surface area contributed by atoms with Gasteiger partial charge in [-0.3, -0.25) is 4.79 Å². The number of thiophene rings is 2. The van der Waals surface area contributed by atoms with E-state index in [-0.39, 0.29) is 5.78 Å². The molecule has 0 aliphatic heterocycles. The lowest BCUT2D eigenvalue weighted by molar-refractivity contribution is 0.104. The van der Waals surface area contributed by atoms with Gasteiger partial charge in [-0.05, 0) is 52.9 Å². The summed E-state index contributed by atoms with van der Waals surface area (Å²) in [5.74, 6) is 0.132. The lowest BCUT2D eigenvalue weighted by Gasteiger charge is -1.94. The van der Waals surface area contributed by atoms with Crippen molar-refractivity contribution in [2.75, 3.05) is 0 Å². The molecular formula is C11H9BrOS2. The number of carbonyl (C=O) groups excluding carboxylic acids is 1. The van der Waals surface area contributed by atoms with Gasteiger partial charge in [-0.1, -0.05) is 0 Å². The largest absolute Gasteiger partial charge is 0.288 e. The number of hydrogen-bond donors (Lipinski definition) is 0. The summed E-state index contributed by atoms with van der Waals surface area (Å²) < 4.78 is 1.01. The summed E-state index contributed by atoms with van der Waals surface area (Å²) in [5, 5.41) is 2.00. The second-order valence-electron chi connectivity index (χ2n) is 3.34. The molecule has 0 aliphatic rings. The minimum absolute atomic E-state index is 0.132. The standard InChI is InChI=1S/C11H9BrOS2/c1-6-3-9(14-5-6)11(13)8-4-10(12)15-7(8)2/h3-5H,1-2H3. The first-order chi connectivity index (χ1) is 7.08. The predicted octanol–water partition coefficient (Wildman–Crippen LogP) is 4.42. The Kier molecular flexibility index (Phi) is 3.09. The number of halogens is 1. The van der Waals surface area contributed by atoms with Crippen molar-refractivity contribution in [3.63, 3.8) is 0 Å². The first kappa shape index (κ1) is 11.0. The van der Waals surface area contributed by atoms with Gasteiger partial charge in [-0.25, -0.2) is 0 Å². The van der Waals surface area contributed by atoms with E-state index >= 15 is 0 Å². The van der Waals surface area contributed by atoms with Gasteiger partial charge < -0.3 is 0 Å². The molecule has 78 valence electrons. The Labute approximate surface area is 105 Å². The highest BCUT2D eigenvalue weighted by Crippen LogP contribution is 2.29. The molecule has 0 bridgehead atoms. The van der Waals surface area contributed by atoms with Crippen LogP contribution in [0.1, 0.15) is 25.7 Å². The van der Waals surface area contributed by atoms with Crippen molar-refractivity contribution in [3.05, 3.63) is 42.2 Å². The molecule has 0 unspecified atom stereocenters. The molecular weight excluding hydrogens is 292 g/mol. The molecule has 0 N–H and O–H groups in total. The van der Waals surface area contributed by atoms with Crippen molar-refractivity contribution in [1.29, 1.82) is 0 Å². The molecule has 0 atom stereocenters. The van der Waals surface area contributed by atoms with Crippen LogP contribution in [0.4, 0.5) is 0 Å². The van der Waals surface area contributed by atoms with Crippen LogP contribution in [0, 0.1) is 13.8 Å². The van der Waals surface area contributed by atoms with Crippen LogP contribution < -0.4 is 0 Å². The molecule has 2 rings (SSSR count). The molecule has 0 saturated heterocycles. The summed E-state index contributed by atoms with van der Waals surface area (Å²) in [4.78, 5) is 14.0. The number of ketones is 1. The molecule has 2 heterocycles. The highest BCUT2D eigenvalue weighted by molar-refractivity contribution is 9.11. The Bertz CT molecular complexity index is 510. The van der Waals surface area contributed by atoms with Crippen molar-refractivity contribution in [2.24, 2.45) is 0 Å². The predicted molar refractivity (Wildman–Crippen MR) is 69.2 cm³/mol. The van der Waals surface area contributed by atoms with Gasteiger partial charge in [0.25, 0.3) is 0 Å². The Morgan fingerprint density at radius 2 is 2.07 bits per heavy atom. The number of rotatable bonds is 2. The van der Waals surface area contributed by atoms with Crippen LogP contribution in [0.3, 0.4) is 0 Å². The normalized spacial score (nSPS) is 10.6. The van der Waals surface area contributed by atoms with Crippen LogP contribution in [0.5, 0.6) is 0 Å². The Morgan fingerprint density at radius 3 is 2.53 bits per heavy atom. The zero-order chi connectivity index (χ0) is 11.0. The minimum atomic E-state index is 0.132. The topological polar surface area (TPSA) is 17.1 Å². The Balaban J connectivity index is 2.40. The summed E-state index contributed by atoms with van der Waals surface area (Å²) in [6, 6.07) is 3.84. The lowest BCUT2D eigenvalue weighted by atomic mass is 10.1. The van der Waals surface area contributed by atoms with Gasteiger partial charge in [0.15, 0.2) is 0 Å². The van der Waals surface area contributed by atoms with E-state index in [9.17, 15) is 4.79 Å². The second kappa shape index (κ2) is 4.20. The number of carbonyl (C=O) groups is 1. The van der Waals surface area contributed by atoms with Gasteiger partial charge in [0, 0.05) is 10.4 Å². The molecule has 0 amide bonds. The average Bonchev–Trinajstić information content (AvgIpc) is 2.71. The molecule has 0 aliphatic carbocycles. The Hall–Kier alpha value is -0.450. The fourth-order valence-corrected chi connectivity index (χ4v) is 3.89. The summed E-state index contributed by atoms with van der Waals surface area (Å²) in [6.07, 6.45) is 0. The molecule has 0 radical (unpaired) electrons. The average molecular weight is 301 g/mol. The molecule has 0 spiro atoms. The first-order valence-electron chi connectivity index (χ1n) is 4.43. The zero-order valence-electron chi connectivity index (χ0n) is 8.33. The fourth-order valence-electron chi connectivity index (χ4n) is 1.35. The molecule has 2 aromatic heterocycles. The van der Waals surface area contributed by atoms with E-state index in [1.807, 2.05) is 31.4 Å². The fraction of sp³-hybridized carbons (Fsp3) is 0.182. The van der Waals surface area contributed by atoms with Crippen LogP contribution in [0.15, 0.2) is 21.3 Å². The molecule has 0 aromatic carbocycles. The quantitative estimate of drug-likeness (QED) is 0.750. The monoisotopic (exact) mass is 300 g/mol. The van der Waals surface area contributed by atoms with Gasteiger partial charge in [0.05, 0.1) is 8.66 Å². The van der Waals surface area contributed by atoms with E-state index in [0.717, 1.165) is 24.7 Å². The van der Waals surface area contributed by atoms with Crippen LogP contribution in [0.2, 0.25) is 0 Å². The van der Waals surface area contributed by atoms with E-state index in [1.54, 1.807) is 11.3 Å². The molecule has 4 heteroatoms. The maximum atomic E-state index is 12.1. The van der Waals surface area contributed by atoms with Crippen molar-refractivity contribution in [2.45, 2.75) is 13.8 Å². The highest BCUT2D eigenvalue weighted by atomic mass is 79.9. The summed E-state index contributed by atoms with van der Waals surface area (Å²) in [6.45, 7) is 3.98. The zero-order valence-corrected chi connectivity index (χ0v) is 11.6. The van der Waals surface area contributed by atoms with Crippen molar-refractivity contribution >= 4 is 44.4 Å². The molecule has 15 heavy (non-hydrogen) atoms. The molecule has 1 nitrogen and oxygen atoms in total. The second-order valence-corrected chi connectivity index (χ2v) is 6.88. The van der Waals surface area contributed by atoms with E-state index in [2.05, 4.69) is 15.9 Å². The van der Waals surface area contributed by atoms with Crippen LogP contribution in [0.25, 0.3) is 0 Å². The van der Waals surface area contributed by atoms with Crippen LogP contribution >= 0.6 is 38.6 Å². The maximum Gasteiger partial charge on any atom is 0.204 e. The van der Waals surface area contributed by atoms with E-state index in [1.165, 1.54) is 11.3 Å². The first-order valence-corrected chi connectivity index (χ1v) is 6.92. The lowest BCUT2D eigenvalue weighted by Crippen LogP contribution is -1.97. The highest BCUT2D eigenvalue weighted by Gasteiger charge is 2.15. The van der Waals surface area contributed by atoms with E-state index in [4.69, 9.17) is 0 Å². The number of aryl methyl sites for hydroxylation is 2. The van der Waals surface area contributed by atoms with Crippen molar-refractivity contribution in [3.8, 4) is 0 Å². The SMILES string of the molecule is Cc1csc(C(=O)c2cc(Br)sc2C)c1. The van der Waals surface area contributed by atoms with Gasteiger partial charge in [0.2, 0.25) is 5.78 Å². The molecule has 0 fully saturated rings. The molecule has 0 saturated carbocycles. The third-order valence-electron chi connectivity index (χ3n) is 2.09. The van der Waals surface area contributed by atoms with Gasteiger partial charge in [0.1, 0.15) is 0 Å². The third kappa shape index (κ3) is 2.22. The van der Waals surface area contributed by atoms with Crippen molar-refractivity contribution < 1.29 is 4.79 Å².